The molecule has 0 spiro atoms. The summed E-state index contributed by atoms with van der Waals surface area (Å²) < 4.78 is 0. The molecule has 0 saturated heterocycles. The van der Waals surface area contributed by atoms with Gasteiger partial charge in [0, 0.05) is 24.6 Å². The number of amides is 2. The molecule has 1 fully saturated rings. The van der Waals surface area contributed by atoms with Crippen molar-refractivity contribution in [3.05, 3.63) is 29.8 Å². The molecule has 4 N–H and O–H groups in total. The van der Waals surface area contributed by atoms with Gasteiger partial charge in [0.2, 0.25) is 11.8 Å². The van der Waals surface area contributed by atoms with E-state index in [2.05, 4.69) is 10.6 Å². The van der Waals surface area contributed by atoms with E-state index >= 15 is 0 Å². The molecule has 0 radical (unpaired) electrons. The van der Waals surface area contributed by atoms with Gasteiger partial charge in [0.05, 0.1) is 0 Å². The van der Waals surface area contributed by atoms with Gasteiger partial charge in [0.1, 0.15) is 0 Å². The van der Waals surface area contributed by atoms with E-state index in [1.54, 1.807) is 0 Å². The topological polar surface area (TPSA) is 84.2 Å². The average Bonchev–Trinajstić information content (AvgIpc) is 3.03. The zero-order valence-corrected chi connectivity index (χ0v) is 13.8. The molecule has 5 heteroatoms. The number of anilines is 1. The molecule has 1 aliphatic carbocycles. The van der Waals surface area contributed by atoms with E-state index in [0.717, 1.165) is 36.9 Å². The van der Waals surface area contributed by atoms with Gasteiger partial charge in [0.15, 0.2) is 0 Å². The minimum Gasteiger partial charge on any atom is -0.352 e. The normalized spacial score (nSPS) is 20.3. The zero-order valence-electron chi connectivity index (χ0n) is 13.8. The summed E-state index contributed by atoms with van der Waals surface area (Å²) in [5.41, 5.74) is 7.54. The molecule has 1 aromatic rings. The van der Waals surface area contributed by atoms with Gasteiger partial charge in [-0.2, -0.15) is 0 Å². The molecule has 0 heterocycles. The van der Waals surface area contributed by atoms with Crippen LogP contribution in [-0.2, 0) is 16.1 Å². The first-order chi connectivity index (χ1) is 11.1. The Morgan fingerprint density at radius 3 is 2.61 bits per heavy atom. The van der Waals surface area contributed by atoms with E-state index in [-0.39, 0.29) is 17.7 Å². The molecule has 2 atom stereocenters. The van der Waals surface area contributed by atoms with Gasteiger partial charge in [-0.25, -0.2) is 0 Å². The summed E-state index contributed by atoms with van der Waals surface area (Å²) in [7, 11) is 0. The minimum absolute atomic E-state index is 0.0302. The fourth-order valence-corrected chi connectivity index (χ4v) is 3.14. The van der Waals surface area contributed by atoms with Gasteiger partial charge in [-0.15, -0.1) is 0 Å². The largest absolute Gasteiger partial charge is 0.352 e. The van der Waals surface area contributed by atoms with Crippen LogP contribution < -0.4 is 16.4 Å². The highest BCUT2D eigenvalue weighted by atomic mass is 16.2. The lowest BCUT2D eigenvalue weighted by Gasteiger charge is -2.17. The quantitative estimate of drug-likeness (QED) is 0.722. The third-order valence-corrected chi connectivity index (χ3v) is 4.48. The minimum atomic E-state index is 0.0302. The first-order valence-corrected chi connectivity index (χ1v) is 8.50. The van der Waals surface area contributed by atoms with Crippen molar-refractivity contribution in [2.45, 2.75) is 45.6 Å². The summed E-state index contributed by atoms with van der Waals surface area (Å²) in [5, 5.41) is 5.86. The average molecular weight is 317 g/mol. The Hall–Kier alpha value is -1.88. The molecule has 0 bridgehead atoms. The molecule has 1 aromatic carbocycles. The number of nitrogens with one attached hydrogen (secondary N) is 2. The molecule has 1 aliphatic rings. The van der Waals surface area contributed by atoms with Gasteiger partial charge >= 0.3 is 0 Å². The van der Waals surface area contributed by atoms with Crippen LogP contribution in [0.25, 0.3) is 0 Å². The summed E-state index contributed by atoms with van der Waals surface area (Å²) in [6.07, 6.45) is 4.45. The van der Waals surface area contributed by atoms with Gasteiger partial charge in [-0.1, -0.05) is 25.5 Å². The summed E-state index contributed by atoms with van der Waals surface area (Å²) in [6, 6.07) is 7.59. The monoisotopic (exact) mass is 317 g/mol. The predicted molar refractivity (Wildman–Crippen MR) is 91.7 cm³/mol. The Labute approximate surface area is 138 Å². The molecule has 0 aromatic heterocycles. The third-order valence-electron chi connectivity index (χ3n) is 4.48. The van der Waals surface area contributed by atoms with Crippen molar-refractivity contribution >= 4 is 17.5 Å². The van der Waals surface area contributed by atoms with Gasteiger partial charge in [-0.05, 0) is 49.4 Å². The molecule has 2 amide bonds. The lowest BCUT2D eigenvalue weighted by molar-refractivity contribution is -0.126. The number of hydrogen-bond acceptors (Lipinski definition) is 3. The molecule has 0 unspecified atom stereocenters. The van der Waals surface area contributed by atoms with Gasteiger partial charge in [0.25, 0.3) is 0 Å². The van der Waals surface area contributed by atoms with Crippen molar-refractivity contribution in [1.82, 2.24) is 5.32 Å². The van der Waals surface area contributed by atoms with Crippen LogP contribution in [0.15, 0.2) is 24.3 Å². The van der Waals surface area contributed by atoms with Crippen molar-refractivity contribution < 1.29 is 9.59 Å². The molecule has 0 aliphatic heterocycles. The van der Waals surface area contributed by atoms with Crippen LogP contribution in [0, 0.1) is 11.8 Å². The van der Waals surface area contributed by atoms with Gasteiger partial charge in [-0.3, -0.25) is 9.59 Å². The van der Waals surface area contributed by atoms with E-state index < -0.39 is 0 Å². The molecular weight excluding hydrogens is 290 g/mol. The van der Waals surface area contributed by atoms with E-state index in [1.807, 2.05) is 31.2 Å². The second-order valence-electron chi connectivity index (χ2n) is 6.25. The standard InChI is InChI=1S/C18H27N3O2/c1-2-4-17(22)21-15-9-7-13(8-10-15)12-20-18(23)16-6-3-5-14(16)11-19/h7-10,14,16H,2-6,11-12,19H2,1H3,(H,20,23)(H,21,22)/t14-,16-/m1/s1. The SMILES string of the molecule is CCCC(=O)Nc1ccc(CNC(=O)[C@@H]2CCC[C@@H]2CN)cc1. The Kier molecular flexibility index (Phi) is 6.59. The fourth-order valence-electron chi connectivity index (χ4n) is 3.14. The number of rotatable bonds is 7. The van der Waals surface area contributed by atoms with Crippen molar-refractivity contribution in [2.24, 2.45) is 17.6 Å². The smallest absolute Gasteiger partial charge is 0.224 e. The maximum Gasteiger partial charge on any atom is 0.224 e. The van der Waals surface area contributed by atoms with E-state index in [1.165, 1.54) is 0 Å². The van der Waals surface area contributed by atoms with Crippen molar-refractivity contribution in [3.8, 4) is 0 Å². The summed E-state index contributed by atoms with van der Waals surface area (Å²) in [6.45, 7) is 3.07. The first-order valence-electron chi connectivity index (χ1n) is 8.50. The Balaban J connectivity index is 1.82. The van der Waals surface area contributed by atoms with E-state index in [4.69, 9.17) is 5.73 Å². The van der Waals surface area contributed by atoms with Crippen LogP contribution in [0.5, 0.6) is 0 Å². The maximum atomic E-state index is 12.2. The van der Waals surface area contributed by atoms with Crippen LogP contribution in [0.2, 0.25) is 0 Å². The molecule has 23 heavy (non-hydrogen) atoms. The van der Waals surface area contributed by atoms with E-state index in [9.17, 15) is 9.59 Å². The van der Waals surface area contributed by atoms with E-state index in [0.29, 0.717) is 25.4 Å². The van der Waals surface area contributed by atoms with Crippen molar-refractivity contribution in [2.75, 3.05) is 11.9 Å². The van der Waals surface area contributed by atoms with Gasteiger partial charge < -0.3 is 16.4 Å². The highest BCUT2D eigenvalue weighted by Crippen LogP contribution is 2.31. The van der Waals surface area contributed by atoms with Crippen LogP contribution in [-0.4, -0.2) is 18.4 Å². The second kappa shape index (κ2) is 8.67. The first kappa shape index (κ1) is 17.5. The second-order valence-corrected chi connectivity index (χ2v) is 6.25. The zero-order chi connectivity index (χ0) is 16.7. The maximum absolute atomic E-state index is 12.2. The van der Waals surface area contributed by atoms with Crippen molar-refractivity contribution in [1.29, 1.82) is 0 Å². The third kappa shape index (κ3) is 5.06. The van der Waals surface area contributed by atoms with Crippen molar-refractivity contribution in [3.63, 3.8) is 0 Å². The number of carbonyl (C=O) groups is 2. The molecule has 5 nitrogen and oxygen atoms in total. The fraction of sp³-hybridized carbons (Fsp3) is 0.556. The summed E-state index contributed by atoms with van der Waals surface area (Å²) >= 11 is 0. The molecule has 2 rings (SSSR count). The lowest BCUT2D eigenvalue weighted by atomic mass is 9.95. The molecular formula is C18H27N3O2. The highest BCUT2D eigenvalue weighted by molar-refractivity contribution is 5.90. The Morgan fingerprint density at radius 1 is 1.22 bits per heavy atom. The number of carbonyl (C=O) groups excluding carboxylic acids is 2. The number of benzene rings is 1. The summed E-state index contributed by atoms with van der Waals surface area (Å²) in [4.78, 5) is 23.8. The van der Waals surface area contributed by atoms with Crippen LogP contribution in [0.1, 0.15) is 44.6 Å². The van der Waals surface area contributed by atoms with Crippen LogP contribution in [0.4, 0.5) is 5.69 Å². The number of hydrogen-bond donors (Lipinski definition) is 3. The predicted octanol–water partition coefficient (Wildman–Crippen LogP) is 2.42. The lowest BCUT2D eigenvalue weighted by Crippen LogP contribution is -2.34. The Morgan fingerprint density at radius 2 is 1.96 bits per heavy atom. The number of nitrogens with two attached hydrogens (primary N) is 1. The summed E-state index contributed by atoms with van der Waals surface area (Å²) in [5.74, 6) is 0.527. The molecule has 1 saturated carbocycles. The highest BCUT2D eigenvalue weighted by Gasteiger charge is 2.31. The Bertz CT molecular complexity index is 528. The molecule has 126 valence electrons. The van der Waals surface area contributed by atoms with Crippen LogP contribution in [0.3, 0.4) is 0 Å². The van der Waals surface area contributed by atoms with Crippen LogP contribution >= 0.6 is 0 Å².